The van der Waals surface area contributed by atoms with Crippen LogP contribution in [0.1, 0.15) is 30.0 Å². The lowest BCUT2D eigenvalue weighted by Gasteiger charge is -2.13. The molecule has 1 aliphatic rings. The van der Waals surface area contributed by atoms with Gasteiger partial charge in [0.1, 0.15) is 5.82 Å². The van der Waals surface area contributed by atoms with Crippen LogP contribution in [0.25, 0.3) is 21.7 Å². The molecule has 0 saturated heterocycles. The molecule has 1 aromatic carbocycles. The van der Waals surface area contributed by atoms with Gasteiger partial charge in [0.2, 0.25) is 0 Å². The van der Waals surface area contributed by atoms with E-state index in [1.165, 1.54) is 0 Å². The highest BCUT2D eigenvalue weighted by Gasteiger charge is 2.27. The molecule has 0 spiro atoms. The second-order valence-electron chi connectivity index (χ2n) is 6.90. The molecule has 0 radical (unpaired) electrons. The Morgan fingerprint density at radius 1 is 1.19 bits per heavy atom. The molecular formula is C21H17BrN4O. The molecule has 0 amide bonds. The number of pyridine rings is 3. The average Bonchev–Trinajstić information content (AvgIpc) is 3.52. The van der Waals surface area contributed by atoms with Gasteiger partial charge in [-0.1, -0.05) is 22.0 Å². The van der Waals surface area contributed by atoms with Crippen LogP contribution in [0.3, 0.4) is 0 Å². The first-order valence-corrected chi connectivity index (χ1v) is 9.78. The zero-order valence-electron chi connectivity index (χ0n) is 14.5. The van der Waals surface area contributed by atoms with Gasteiger partial charge in [-0.25, -0.2) is 4.98 Å². The smallest absolute Gasteiger partial charge is 0.258 e. The summed E-state index contributed by atoms with van der Waals surface area (Å²) in [6, 6.07) is 11.8. The van der Waals surface area contributed by atoms with E-state index in [-0.39, 0.29) is 5.56 Å². The molecule has 3 aromatic heterocycles. The lowest BCUT2D eigenvalue weighted by molar-refractivity contribution is 1.03. The zero-order valence-corrected chi connectivity index (χ0v) is 16.1. The van der Waals surface area contributed by atoms with Gasteiger partial charge in [0.05, 0.1) is 23.1 Å². The number of H-pyrrole nitrogens is 1. The Morgan fingerprint density at radius 2 is 2.07 bits per heavy atom. The van der Waals surface area contributed by atoms with Gasteiger partial charge in [0.15, 0.2) is 0 Å². The Bertz CT molecular complexity index is 1220. The van der Waals surface area contributed by atoms with Crippen molar-refractivity contribution in [3.63, 3.8) is 0 Å². The summed E-state index contributed by atoms with van der Waals surface area (Å²) in [5.74, 6) is 1.27. The molecule has 0 atom stereocenters. The van der Waals surface area contributed by atoms with Crippen LogP contribution in [0.15, 0.2) is 58.1 Å². The Morgan fingerprint density at radius 3 is 2.85 bits per heavy atom. The zero-order chi connectivity index (χ0) is 18.4. The quantitative estimate of drug-likeness (QED) is 0.468. The maximum Gasteiger partial charge on any atom is 0.258 e. The van der Waals surface area contributed by atoms with Crippen molar-refractivity contribution < 1.29 is 0 Å². The fourth-order valence-electron chi connectivity index (χ4n) is 3.53. The lowest BCUT2D eigenvalue weighted by atomic mass is 10.0. The Labute approximate surface area is 164 Å². The molecule has 134 valence electrons. The molecule has 6 heteroatoms. The monoisotopic (exact) mass is 420 g/mol. The van der Waals surface area contributed by atoms with Gasteiger partial charge >= 0.3 is 0 Å². The molecule has 5 nitrogen and oxygen atoms in total. The Balaban J connectivity index is 1.73. The fourth-order valence-corrected chi connectivity index (χ4v) is 3.89. The first kappa shape index (κ1) is 16.4. The van der Waals surface area contributed by atoms with Crippen LogP contribution in [-0.4, -0.2) is 15.0 Å². The summed E-state index contributed by atoms with van der Waals surface area (Å²) >= 11 is 3.54. The number of fused-ring (bicyclic) bond motifs is 3. The molecule has 3 heterocycles. The third kappa shape index (κ3) is 3.00. The second kappa shape index (κ2) is 6.46. The van der Waals surface area contributed by atoms with Crippen molar-refractivity contribution in [3.05, 3.63) is 74.9 Å². The minimum atomic E-state index is -0.0960. The summed E-state index contributed by atoms with van der Waals surface area (Å²) in [6.45, 7) is 0.576. The summed E-state index contributed by atoms with van der Waals surface area (Å²) in [6.07, 6.45) is 5.92. The molecule has 2 N–H and O–H groups in total. The molecule has 5 rings (SSSR count). The van der Waals surface area contributed by atoms with Crippen molar-refractivity contribution >= 4 is 43.4 Å². The maximum absolute atomic E-state index is 12.6. The van der Waals surface area contributed by atoms with Crippen molar-refractivity contribution in [1.29, 1.82) is 0 Å². The van der Waals surface area contributed by atoms with E-state index in [9.17, 15) is 4.79 Å². The van der Waals surface area contributed by atoms with Gasteiger partial charge in [-0.05, 0) is 54.7 Å². The van der Waals surface area contributed by atoms with Crippen molar-refractivity contribution in [3.8, 4) is 0 Å². The van der Waals surface area contributed by atoms with Gasteiger partial charge in [-0.15, -0.1) is 0 Å². The van der Waals surface area contributed by atoms with Crippen LogP contribution in [0.4, 0.5) is 5.82 Å². The molecule has 27 heavy (non-hydrogen) atoms. The Hall–Kier alpha value is -2.73. The van der Waals surface area contributed by atoms with E-state index in [1.807, 2.05) is 42.6 Å². The van der Waals surface area contributed by atoms with Crippen LogP contribution in [-0.2, 0) is 6.54 Å². The largest absolute Gasteiger partial charge is 0.364 e. The van der Waals surface area contributed by atoms with Crippen molar-refractivity contribution in [2.24, 2.45) is 0 Å². The number of nitrogens with one attached hydrogen (secondary N) is 2. The SMILES string of the molecule is O=c1[nH]cc(C2CC2)c2nc(NCc3ccccn3)c3ccc(Br)cc3c12. The number of aromatic amines is 1. The molecule has 1 aliphatic carbocycles. The number of aromatic nitrogens is 3. The lowest BCUT2D eigenvalue weighted by Crippen LogP contribution is -2.11. The molecular weight excluding hydrogens is 404 g/mol. The van der Waals surface area contributed by atoms with Gasteiger partial charge in [-0.3, -0.25) is 9.78 Å². The van der Waals surface area contributed by atoms with Crippen LogP contribution in [0.5, 0.6) is 0 Å². The summed E-state index contributed by atoms with van der Waals surface area (Å²) in [4.78, 5) is 24.8. The van der Waals surface area contributed by atoms with E-state index in [0.717, 1.165) is 50.7 Å². The van der Waals surface area contributed by atoms with Crippen LogP contribution in [0, 0.1) is 0 Å². The normalized spacial score (nSPS) is 14.0. The summed E-state index contributed by atoms with van der Waals surface area (Å²) in [5.41, 5.74) is 2.78. The molecule has 0 bridgehead atoms. The van der Waals surface area contributed by atoms with Crippen LogP contribution >= 0.6 is 15.9 Å². The number of hydrogen-bond donors (Lipinski definition) is 2. The van der Waals surface area contributed by atoms with E-state index < -0.39 is 0 Å². The number of nitrogens with zero attached hydrogens (tertiary/aromatic N) is 2. The van der Waals surface area contributed by atoms with Crippen LogP contribution in [0.2, 0.25) is 0 Å². The van der Waals surface area contributed by atoms with Gasteiger partial charge in [0, 0.05) is 27.6 Å². The third-order valence-electron chi connectivity index (χ3n) is 5.01. The second-order valence-corrected chi connectivity index (χ2v) is 7.81. The first-order chi connectivity index (χ1) is 13.2. The van der Waals surface area contributed by atoms with Crippen molar-refractivity contribution in [1.82, 2.24) is 15.0 Å². The predicted octanol–water partition coefficient (Wildman–Crippen LogP) is 4.72. The summed E-state index contributed by atoms with van der Waals surface area (Å²) < 4.78 is 0.939. The van der Waals surface area contributed by atoms with E-state index in [2.05, 4.69) is 31.2 Å². The molecule has 0 aliphatic heterocycles. The maximum atomic E-state index is 12.6. The summed E-state index contributed by atoms with van der Waals surface area (Å²) in [5, 5.41) is 5.92. The van der Waals surface area contributed by atoms with E-state index >= 15 is 0 Å². The van der Waals surface area contributed by atoms with E-state index in [0.29, 0.717) is 17.8 Å². The highest BCUT2D eigenvalue weighted by molar-refractivity contribution is 9.10. The van der Waals surface area contributed by atoms with Crippen molar-refractivity contribution in [2.75, 3.05) is 5.32 Å². The predicted molar refractivity (Wildman–Crippen MR) is 111 cm³/mol. The third-order valence-corrected chi connectivity index (χ3v) is 5.50. The highest BCUT2D eigenvalue weighted by atomic mass is 79.9. The van der Waals surface area contributed by atoms with Gasteiger partial charge < -0.3 is 10.3 Å². The minimum Gasteiger partial charge on any atom is -0.364 e. The van der Waals surface area contributed by atoms with Gasteiger partial charge in [0.25, 0.3) is 5.56 Å². The molecule has 0 unspecified atom stereocenters. The highest BCUT2D eigenvalue weighted by Crippen LogP contribution is 2.43. The van der Waals surface area contributed by atoms with Crippen molar-refractivity contribution in [2.45, 2.75) is 25.3 Å². The topological polar surface area (TPSA) is 70.7 Å². The molecule has 1 saturated carbocycles. The number of rotatable bonds is 4. The first-order valence-electron chi connectivity index (χ1n) is 8.99. The van der Waals surface area contributed by atoms with E-state index in [1.54, 1.807) is 6.20 Å². The number of halogens is 1. The van der Waals surface area contributed by atoms with Gasteiger partial charge in [-0.2, -0.15) is 0 Å². The number of hydrogen-bond acceptors (Lipinski definition) is 4. The Kier molecular flexibility index (Phi) is 3.93. The number of anilines is 1. The minimum absolute atomic E-state index is 0.0960. The molecule has 4 aromatic rings. The average molecular weight is 421 g/mol. The summed E-state index contributed by atoms with van der Waals surface area (Å²) in [7, 11) is 0. The van der Waals surface area contributed by atoms with Crippen LogP contribution < -0.4 is 10.9 Å². The van der Waals surface area contributed by atoms with E-state index in [4.69, 9.17) is 4.98 Å². The number of benzene rings is 1. The standard InChI is InChI=1S/C21H17BrN4O/c22-13-6-7-15-16(9-13)18-19(17(12-4-5-12)11-25-21(18)27)26-20(15)24-10-14-3-1-2-8-23-14/h1-3,6-9,11-12H,4-5,10H2,(H,24,26)(H,25,27). The molecule has 1 fully saturated rings. The fraction of sp³-hybridized carbons (Fsp3) is 0.190.